The van der Waals surface area contributed by atoms with E-state index in [0.717, 1.165) is 44.1 Å². The molecule has 0 aliphatic carbocycles. The minimum Gasteiger partial charge on any atom is -0.357 e. The Morgan fingerprint density at radius 2 is 2.00 bits per heavy atom. The van der Waals surface area contributed by atoms with Crippen molar-refractivity contribution < 1.29 is 4.79 Å². The highest BCUT2D eigenvalue weighted by Gasteiger charge is 2.09. The molecule has 144 valence electrons. The van der Waals surface area contributed by atoms with Crippen LogP contribution in [0.15, 0.2) is 29.3 Å². The topological polar surface area (TPSA) is 68.8 Å². The zero-order valence-corrected chi connectivity index (χ0v) is 16.2. The zero-order chi connectivity index (χ0) is 18.6. The Bertz CT molecular complexity index is 581. The van der Waals surface area contributed by atoms with Crippen molar-refractivity contribution in [1.29, 1.82) is 0 Å². The molecular weight excluding hydrogens is 326 g/mol. The summed E-state index contributed by atoms with van der Waals surface area (Å²) >= 11 is 0. The van der Waals surface area contributed by atoms with E-state index in [4.69, 9.17) is 0 Å². The second-order valence-corrected chi connectivity index (χ2v) is 6.62. The van der Waals surface area contributed by atoms with E-state index in [1.54, 1.807) is 7.05 Å². The van der Waals surface area contributed by atoms with Gasteiger partial charge in [0.2, 0.25) is 0 Å². The van der Waals surface area contributed by atoms with Gasteiger partial charge in [-0.3, -0.25) is 9.79 Å². The first-order chi connectivity index (χ1) is 12.7. The predicted molar refractivity (Wildman–Crippen MR) is 108 cm³/mol. The zero-order valence-electron chi connectivity index (χ0n) is 16.2. The molecule has 3 N–H and O–H groups in total. The van der Waals surface area contributed by atoms with E-state index >= 15 is 0 Å². The van der Waals surface area contributed by atoms with Gasteiger partial charge in [0.15, 0.2) is 5.96 Å². The van der Waals surface area contributed by atoms with E-state index in [2.05, 4.69) is 38.8 Å². The summed E-state index contributed by atoms with van der Waals surface area (Å²) in [5.41, 5.74) is 1.84. The average Bonchev–Trinajstić information content (AvgIpc) is 2.68. The molecule has 0 atom stereocenters. The van der Waals surface area contributed by atoms with Crippen molar-refractivity contribution in [2.24, 2.45) is 4.99 Å². The fourth-order valence-corrected chi connectivity index (χ4v) is 3.17. The van der Waals surface area contributed by atoms with Crippen LogP contribution < -0.4 is 16.0 Å². The van der Waals surface area contributed by atoms with Gasteiger partial charge < -0.3 is 20.9 Å². The first-order valence-corrected chi connectivity index (χ1v) is 9.78. The van der Waals surface area contributed by atoms with Crippen LogP contribution in [0.1, 0.15) is 42.1 Å². The summed E-state index contributed by atoms with van der Waals surface area (Å²) in [6.45, 7) is 7.98. The molecule has 0 spiro atoms. The van der Waals surface area contributed by atoms with Crippen LogP contribution in [-0.2, 0) is 6.42 Å². The lowest BCUT2D eigenvalue weighted by molar-refractivity contribution is 0.0963. The van der Waals surface area contributed by atoms with Crippen molar-refractivity contribution in [1.82, 2.24) is 20.9 Å². The number of carbonyl (C=O) groups is 1. The third kappa shape index (κ3) is 7.04. The summed E-state index contributed by atoms with van der Waals surface area (Å²) in [5, 5.41) is 9.35. The van der Waals surface area contributed by atoms with E-state index in [1.807, 2.05) is 18.2 Å². The highest BCUT2D eigenvalue weighted by atomic mass is 16.1. The minimum atomic E-state index is -0.0487. The number of piperidine rings is 1. The number of amides is 1. The summed E-state index contributed by atoms with van der Waals surface area (Å²) in [5.74, 6) is 0.819. The van der Waals surface area contributed by atoms with Gasteiger partial charge in [0, 0.05) is 32.2 Å². The fraction of sp³-hybridized carbons (Fsp3) is 0.600. The number of guanidine groups is 1. The molecule has 1 amide bonds. The molecule has 6 heteroatoms. The molecule has 2 rings (SSSR count). The summed E-state index contributed by atoms with van der Waals surface area (Å²) in [6.07, 6.45) is 4.85. The molecular formula is C20H33N5O. The number of aliphatic imine (C=N–C) groups is 1. The van der Waals surface area contributed by atoms with Crippen LogP contribution in [0.3, 0.4) is 0 Å². The molecule has 1 aromatic rings. The number of rotatable bonds is 8. The Hall–Kier alpha value is -2.08. The Kier molecular flexibility index (Phi) is 8.96. The number of benzene rings is 1. The molecule has 26 heavy (non-hydrogen) atoms. The SMILES string of the molecule is CCNC(=NCCN1CCCCC1)NCCc1cccc(C(=O)NC)c1. The number of hydrogen-bond acceptors (Lipinski definition) is 3. The van der Waals surface area contributed by atoms with Gasteiger partial charge in [0.05, 0.1) is 6.54 Å². The van der Waals surface area contributed by atoms with Crippen molar-refractivity contribution in [2.75, 3.05) is 46.3 Å². The Morgan fingerprint density at radius 3 is 2.73 bits per heavy atom. The maximum Gasteiger partial charge on any atom is 0.251 e. The van der Waals surface area contributed by atoms with Gasteiger partial charge in [-0.05, 0) is 57.0 Å². The van der Waals surface area contributed by atoms with E-state index < -0.39 is 0 Å². The van der Waals surface area contributed by atoms with Gasteiger partial charge in [-0.1, -0.05) is 18.6 Å². The lowest BCUT2D eigenvalue weighted by Gasteiger charge is -2.25. The summed E-state index contributed by atoms with van der Waals surface area (Å²) in [7, 11) is 1.65. The maximum absolute atomic E-state index is 11.7. The first kappa shape index (κ1) is 20.2. The quantitative estimate of drug-likeness (QED) is 0.487. The third-order valence-corrected chi connectivity index (χ3v) is 4.60. The molecule has 0 unspecified atom stereocenters. The van der Waals surface area contributed by atoms with Crippen LogP contribution in [0.5, 0.6) is 0 Å². The highest BCUT2D eigenvalue weighted by Crippen LogP contribution is 2.08. The molecule has 1 aromatic carbocycles. The van der Waals surface area contributed by atoms with E-state index in [1.165, 1.54) is 32.4 Å². The van der Waals surface area contributed by atoms with E-state index in [0.29, 0.717) is 5.56 Å². The van der Waals surface area contributed by atoms with Crippen molar-refractivity contribution >= 4 is 11.9 Å². The molecule has 6 nitrogen and oxygen atoms in total. The maximum atomic E-state index is 11.7. The summed E-state index contributed by atoms with van der Waals surface area (Å²) in [6, 6.07) is 7.76. The lowest BCUT2D eigenvalue weighted by Crippen LogP contribution is -2.39. The van der Waals surface area contributed by atoms with Crippen molar-refractivity contribution in [3.05, 3.63) is 35.4 Å². The third-order valence-electron chi connectivity index (χ3n) is 4.60. The lowest BCUT2D eigenvalue weighted by atomic mass is 10.1. The second kappa shape index (κ2) is 11.5. The standard InChI is InChI=1S/C20H33N5O/c1-3-22-20(24-12-15-25-13-5-4-6-14-25)23-11-10-17-8-7-9-18(16-17)19(26)21-2/h7-9,16H,3-6,10-15H2,1-2H3,(H,21,26)(H2,22,23,24). The van der Waals surface area contributed by atoms with Crippen LogP contribution in [0.25, 0.3) is 0 Å². The molecule has 1 saturated heterocycles. The molecule has 1 aliphatic heterocycles. The van der Waals surface area contributed by atoms with Crippen molar-refractivity contribution in [3.8, 4) is 0 Å². The number of carbonyl (C=O) groups excluding carboxylic acids is 1. The molecule has 0 aromatic heterocycles. The number of hydrogen-bond donors (Lipinski definition) is 3. The van der Waals surface area contributed by atoms with Gasteiger partial charge in [0.25, 0.3) is 5.91 Å². The van der Waals surface area contributed by atoms with E-state index in [9.17, 15) is 4.79 Å². The Labute approximate surface area is 157 Å². The van der Waals surface area contributed by atoms with Crippen LogP contribution in [0.2, 0.25) is 0 Å². The van der Waals surface area contributed by atoms with Crippen molar-refractivity contribution in [2.45, 2.75) is 32.6 Å². The van der Waals surface area contributed by atoms with Gasteiger partial charge in [-0.2, -0.15) is 0 Å². The number of likely N-dealkylation sites (tertiary alicyclic amines) is 1. The molecule has 0 radical (unpaired) electrons. The molecule has 1 aliphatic rings. The number of nitrogens with one attached hydrogen (secondary N) is 3. The van der Waals surface area contributed by atoms with Crippen LogP contribution in [0.4, 0.5) is 0 Å². The van der Waals surface area contributed by atoms with Gasteiger partial charge >= 0.3 is 0 Å². The van der Waals surface area contributed by atoms with Crippen LogP contribution >= 0.6 is 0 Å². The average molecular weight is 360 g/mol. The summed E-state index contributed by atoms with van der Waals surface area (Å²) < 4.78 is 0. The summed E-state index contributed by atoms with van der Waals surface area (Å²) in [4.78, 5) is 18.9. The van der Waals surface area contributed by atoms with Gasteiger partial charge in [-0.25, -0.2) is 0 Å². The molecule has 1 heterocycles. The predicted octanol–water partition coefficient (Wildman–Crippen LogP) is 1.63. The van der Waals surface area contributed by atoms with Gasteiger partial charge in [0.1, 0.15) is 0 Å². The highest BCUT2D eigenvalue weighted by molar-refractivity contribution is 5.94. The van der Waals surface area contributed by atoms with Crippen LogP contribution in [-0.4, -0.2) is 63.1 Å². The Morgan fingerprint density at radius 1 is 1.19 bits per heavy atom. The molecule has 0 bridgehead atoms. The van der Waals surface area contributed by atoms with Crippen molar-refractivity contribution in [3.63, 3.8) is 0 Å². The molecule has 0 saturated carbocycles. The Balaban J connectivity index is 1.78. The van der Waals surface area contributed by atoms with E-state index in [-0.39, 0.29) is 5.91 Å². The minimum absolute atomic E-state index is 0.0487. The normalized spacial score (nSPS) is 15.5. The fourth-order valence-electron chi connectivity index (χ4n) is 3.17. The second-order valence-electron chi connectivity index (χ2n) is 6.62. The van der Waals surface area contributed by atoms with Crippen LogP contribution in [0, 0.1) is 0 Å². The number of nitrogens with zero attached hydrogens (tertiary/aromatic N) is 2. The van der Waals surface area contributed by atoms with Gasteiger partial charge in [-0.15, -0.1) is 0 Å². The smallest absolute Gasteiger partial charge is 0.251 e. The molecule has 1 fully saturated rings. The first-order valence-electron chi connectivity index (χ1n) is 9.78. The largest absolute Gasteiger partial charge is 0.357 e. The monoisotopic (exact) mass is 359 g/mol.